The van der Waals surface area contributed by atoms with Crippen LogP contribution >= 0.6 is 0 Å². The van der Waals surface area contributed by atoms with Crippen LogP contribution in [0.15, 0.2) is 24.3 Å². The standard InChI is InChI=1S/C13H17NO3/c1-17-9-10-2-4-11(5-3-10)13(16)14-7-6-12(15)8-14/h2-5,12,15H,6-9H2,1H3. The second-order valence-corrected chi connectivity index (χ2v) is 4.32. The Morgan fingerprint density at radius 2 is 2.18 bits per heavy atom. The first-order chi connectivity index (χ1) is 8.20. The van der Waals surface area contributed by atoms with Crippen LogP contribution in [0.5, 0.6) is 0 Å². The van der Waals surface area contributed by atoms with Crippen LogP contribution in [0, 0.1) is 0 Å². The summed E-state index contributed by atoms with van der Waals surface area (Å²) in [6, 6.07) is 7.40. The van der Waals surface area contributed by atoms with Gasteiger partial charge in [-0.15, -0.1) is 0 Å². The molecule has 1 saturated heterocycles. The molecule has 92 valence electrons. The fraction of sp³-hybridized carbons (Fsp3) is 0.462. The van der Waals surface area contributed by atoms with E-state index in [0.29, 0.717) is 31.7 Å². The molecule has 1 fully saturated rings. The molecular weight excluding hydrogens is 218 g/mol. The van der Waals surface area contributed by atoms with Gasteiger partial charge < -0.3 is 14.7 Å². The van der Waals surface area contributed by atoms with Gasteiger partial charge in [-0.3, -0.25) is 4.79 Å². The van der Waals surface area contributed by atoms with E-state index in [1.54, 1.807) is 24.1 Å². The maximum atomic E-state index is 12.0. The summed E-state index contributed by atoms with van der Waals surface area (Å²) in [5, 5.41) is 9.40. The quantitative estimate of drug-likeness (QED) is 0.851. The van der Waals surface area contributed by atoms with E-state index in [2.05, 4.69) is 0 Å². The predicted molar refractivity (Wildman–Crippen MR) is 63.7 cm³/mol. The van der Waals surface area contributed by atoms with Crippen molar-refractivity contribution in [3.8, 4) is 0 Å². The van der Waals surface area contributed by atoms with Gasteiger partial charge in [0.25, 0.3) is 5.91 Å². The summed E-state index contributed by atoms with van der Waals surface area (Å²) < 4.78 is 5.01. The topological polar surface area (TPSA) is 49.8 Å². The molecule has 1 unspecified atom stereocenters. The van der Waals surface area contributed by atoms with E-state index in [4.69, 9.17) is 4.74 Å². The maximum absolute atomic E-state index is 12.0. The summed E-state index contributed by atoms with van der Waals surface area (Å²) in [4.78, 5) is 13.7. The van der Waals surface area contributed by atoms with E-state index in [1.165, 1.54) is 0 Å². The van der Waals surface area contributed by atoms with Crippen molar-refractivity contribution in [1.29, 1.82) is 0 Å². The van der Waals surface area contributed by atoms with Gasteiger partial charge in [-0.25, -0.2) is 0 Å². The van der Waals surface area contributed by atoms with Crippen molar-refractivity contribution >= 4 is 5.91 Å². The van der Waals surface area contributed by atoms with E-state index >= 15 is 0 Å². The number of amides is 1. The number of aliphatic hydroxyl groups excluding tert-OH is 1. The van der Waals surface area contributed by atoms with Crippen molar-refractivity contribution in [3.05, 3.63) is 35.4 Å². The zero-order valence-corrected chi connectivity index (χ0v) is 9.93. The molecule has 1 aromatic rings. The van der Waals surface area contributed by atoms with Crippen LogP contribution in [0.4, 0.5) is 0 Å². The third-order valence-corrected chi connectivity index (χ3v) is 2.96. The number of hydrogen-bond donors (Lipinski definition) is 1. The zero-order chi connectivity index (χ0) is 12.3. The largest absolute Gasteiger partial charge is 0.391 e. The van der Waals surface area contributed by atoms with Crippen molar-refractivity contribution in [2.75, 3.05) is 20.2 Å². The van der Waals surface area contributed by atoms with E-state index in [-0.39, 0.29) is 12.0 Å². The molecule has 1 heterocycles. The Bertz CT molecular complexity index is 388. The van der Waals surface area contributed by atoms with Gasteiger partial charge in [-0.05, 0) is 24.1 Å². The van der Waals surface area contributed by atoms with Crippen molar-refractivity contribution in [1.82, 2.24) is 4.90 Å². The summed E-state index contributed by atoms with van der Waals surface area (Å²) in [6.07, 6.45) is 0.305. The minimum Gasteiger partial charge on any atom is -0.391 e. The van der Waals surface area contributed by atoms with Gasteiger partial charge in [0.2, 0.25) is 0 Å². The Morgan fingerprint density at radius 1 is 1.47 bits per heavy atom. The lowest BCUT2D eigenvalue weighted by Gasteiger charge is -2.15. The summed E-state index contributed by atoms with van der Waals surface area (Å²) in [6.45, 7) is 1.63. The van der Waals surface area contributed by atoms with E-state index in [1.807, 2.05) is 12.1 Å². The molecule has 0 saturated carbocycles. The Morgan fingerprint density at radius 3 is 2.71 bits per heavy atom. The molecule has 1 aromatic carbocycles. The minimum atomic E-state index is -0.369. The molecule has 1 aliphatic rings. The maximum Gasteiger partial charge on any atom is 0.253 e. The van der Waals surface area contributed by atoms with Crippen molar-refractivity contribution in [2.24, 2.45) is 0 Å². The molecule has 0 bridgehead atoms. The molecule has 0 spiro atoms. The van der Waals surface area contributed by atoms with Gasteiger partial charge in [-0.1, -0.05) is 12.1 Å². The Hall–Kier alpha value is -1.39. The van der Waals surface area contributed by atoms with Crippen molar-refractivity contribution < 1.29 is 14.6 Å². The van der Waals surface area contributed by atoms with Gasteiger partial charge >= 0.3 is 0 Å². The van der Waals surface area contributed by atoms with Gasteiger partial charge in [0.15, 0.2) is 0 Å². The van der Waals surface area contributed by atoms with Gasteiger partial charge in [-0.2, -0.15) is 0 Å². The first kappa shape index (κ1) is 12.1. The number of β-amino-alcohol motifs (C(OH)–C–C–N with tert-alkyl or cyclic N) is 1. The molecule has 0 aromatic heterocycles. The smallest absolute Gasteiger partial charge is 0.253 e. The Kier molecular flexibility index (Phi) is 3.76. The van der Waals surface area contributed by atoms with Gasteiger partial charge in [0.05, 0.1) is 12.7 Å². The molecular formula is C13H17NO3. The number of carbonyl (C=O) groups excluding carboxylic acids is 1. The van der Waals surface area contributed by atoms with Crippen LogP contribution in [0.25, 0.3) is 0 Å². The Balaban J connectivity index is 2.04. The highest BCUT2D eigenvalue weighted by Gasteiger charge is 2.25. The number of hydrogen-bond acceptors (Lipinski definition) is 3. The monoisotopic (exact) mass is 235 g/mol. The summed E-state index contributed by atoms with van der Waals surface area (Å²) in [7, 11) is 1.64. The predicted octanol–water partition coefficient (Wildman–Crippen LogP) is 1.04. The van der Waals surface area contributed by atoms with Crippen molar-refractivity contribution in [2.45, 2.75) is 19.1 Å². The normalized spacial score (nSPS) is 19.6. The fourth-order valence-corrected chi connectivity index (χ4v) is 2.02. The first-order valence-corrected chi connectivity index (χ1v) is 5.76. The molecule has 1 atom stereocenters. The van der Waals surface area contributed by atoms with Gasteiger partial charge in [0.1, 0.15) is 0 Å². The highest BCUT2D eigenvalue weighted by molar-refractivity contribution is 5.94. The average molecular weight is 235 g/mol. The summed E-state index contributed by atoms with van der Waals surface area (Å²) >= 11 is 0. The lowest BCUT2D eigenvalue weighted by Crippen LogP contribution is -2.29. The minimum absolute atomic E-state index is 0.00878. The van der Waals surface area contributed by atoms with Crippen LogP contribution in [0.3, 0.4) is 0 Å². The number of aliphatic hydroxyl groups is 1. The molecule has 0 radical (unpaired) electrons. The van der Waals surface area contributed by atoms with E-state index < -0.39 is 0 Å². The first-order valence-electron chi connectivity index (χ1n) is 5.76. The molecule has 2 rings (SSSR count). The third-order valence-electron chi connectivity index (χ3n) is 2.96. The lowest BCUT2D eigenvalue weighted by molar-refractivity contribution is 0.0765. The van der Waals surface area contributed by atoms with Crippen molar-refractivity contribution in [3.63, 3.8) is 0 Å². The van der Waals surface area contributed by atoms with Crippen LogP contribution in [-0.2, 0) is 11.3 Å². The van der Waals surface area contributed by atoms with Crippen LogP contribution in [-0.4, -0.2) is 42.2 Å². The molecule has 1 aliphatic heterocycles. The number of nitrogens with zero attached hydrogens (tertiary/aromatic N) is 1. The fourth-order valence-electron chi connectivity index (χ4n) is 2.02. The molecule has 1 N–H and O–H groups in total. The number of methoxy groups -OCH3 is 1. The van der Waals surface area contributed by atoms with Gasteiger partial charge in [0, 0.05) is 25.8 Å². The highest BCUT2D eigenvalue weighted by atomic mass is 16.5. The SMILES string of the molecule is COCc1ccc(C(=O)N2CCC(O)C2)cc1. The number of likely N-dealkylation sites (tertiary alicyclic amines) is 1. The molecule has 1 amide bonds. The van der Waals surface area contributed by atoms with E-state index in [0.717, 1.165) is 5.56 Å². The molecule has 0 aliphatic carbocycles. The third kappa shape index (κ3) is 2.84. The second kappa shape index (κ2) is 5.29. The Labute approximate surface area is 101 Å². The number of ether oxygens (including phenoxy) is 1. The zero-order valence-electron chi connectivity index (χ0n) is 9.93. The molecule has 17 heavy (non-hydrogen) atoms. The number of rotatable bonds is 3. The average Bonchev–Trinajstić information content (AvgIpc) is 2.76. The molecule has 4 nitrogen and oxygen atoms in total. The van der Waals surface area contributed by atoms with Crippen LogP contribution in [0.1, 0.15) is 22.3 Å². The summed E-state index contributed by atoms with van der Waals surface area (Å²) in [5.74, 6) is -0.00878. The lowest BCUT2D eigenvalue weighted by atomic mass is 10.1. The van der Waals surface area contributed by atoms with Crippen LogP contribution in [0.2, 0.25) is 0 Å². The summed E-state index contributed by atoms with van der Waals surface area (Å²) in [5.41, 5.74) is 1.71. The van der Waals surface area contributed by atoms with E-state index in [9.17, 15) is 9.90 Å². The second-order valence-electron chi connectivity index (χ2n) is 4.32. The molecule has 4 heteroatoms. The highest BCUT2D eigenvalue weighted by Crippen LogP contribution is 2.14. The number of benzene rings is 1. The number of carbonyl (C=O) groups is 1. The van der Waals surface area contributed by atoms with Crippen LogP contribution < -0.4 is 0 Å².